The van der Waals surface area contributed by atoms with Gasteiger partial charge in [0.25, 0.3) is 0 Å². The summed E-state index contributed by atoms with van der Waals surface area (Å²) < 4.78 is 2.43. The largest absolute Gasteiger partial charge is 0.339 e. The van der Waals surface area contributed by atoms with Crippen LogP contribution in [0.4, 0.5) is 0 Å². The van der Waals surface area contributed by atoms with Crippen LogP contribution in [0.5, 0.6) is 0 Å². The van der Waals surface area contributed by atoms with Gasteiger partial charge in [-0.25, -0.2) is 0 Å². The first-order valence-electron chi connectivity index (χ1n) is 4.73. The van der Waals surface area contributed by atoms with Gasteiger partial charge in [0.15, 0.2) is 0 Å². The molecule has 0 bridgehead atoms. The van der Waals surface area contributed by atoms with Gasteiger partial charge in [0.05, 0.1) is 5.03 Å². The fourth-order valence-corrected chi connectivity index (χ4v) is 2.68. The highest BCUT2D eigenvalue weighted by molar-refractivity contribution is 7.98. The van der Waals surface area contributed by atoms with Crippen LogP contribution in [0, 0.1) is 0 Å². The molecule has 0 N–H and O–H groups in total. The molecule has 2 heterocycles. The second-order valence-electron chi connectivity index (χ2n) is 3.44. The molecule has 0 saturated heterocycles. The summed E-state index contributed by atoms with van der Waals surface area (Å²) in [6.07, 6.45) is 6.77. The molecule has 2 rings (SSSR count). The summed E-state index contributed by atoms with van der Waals surface area (Å²) in [7, 11) is 0. The average molecular weight is 193 g/mol. The first-order chi connectivity index (χ1) is 6.36. The highest BCUT2D eigenvalue weighted by atomic mass is 32.2. The van der Waals surface area contributed by atoms with E-state index in [0.717, 1.165) is 0 Å². The lowest BCUT2D eigenvalue weighted by atomic mass is 9.96. The van der Waals surface area contributed by atoms with E-state index in [0.29, 0.717) is 5.92 Å². The topological polar surface area (TPSA) is 4.93 Å². The average Bonchev–Trinajstić information content (AvgIpc) is 2.60. The first kappa shape index (κ1) is 8.95. The molecule has 1 unspecified atom stereocenters. The Morgan fingerprint density at radius 3 is 3.15 bits per heavy atom. The molecule has 1 aliphatic heterocycles. The number of rotatable bonds is 2. The summed E-state index contributed by atoms with van der Waals surface area (Å²) in [6, 6.07) is 4.47. The fourth-order valence-electron chi connectivity index (χ4n) is 2.06. The molecular weight excluding hydrogens is 178 g/mol. The molecule has 0 saturated carbocycles. The molecule has 0 amide bonds. The van der Waals surface area contributed by atoms with Gasteiger partial charge >= 0.3 is 0 Å². The number of fused-ring (bicyclic) bond motifs is 1. The number of allylic oxidation sites excluding steroid dienone is 1. The van der Waals surface area contributed by atoms with Crippen LogP contribution in [0.25, 0.3) is 0 Å². The van der Waals surface area contributed by atoms with Crippen molar-refractivity contribution in [2.45, 2.75) is 30.3 Å². The van der Waals surface area contributed by atoms with E-state index in [-0.39, 0.29) is 0 Å². The van der Waals surface area contributed by atoms with Crippen LogP contribution in [0.2, 0.25) is 0 Å². The van der Waals surface area contributed by atoms with Crippen molar-refractivity contribution in [2.24, 2.45) is 0 Å². The zero-order chi connectivity index (χ0) is 9.26. The number of aromatic nitrogens is 1. The smallest absolute Gasteiger partial charge is 0.0747 e. The van der Waals surface area contributed by atoms with Gasteiger partial charge in [0, 0.05) is 18.2 Å². The van der Waals surface area contributed by atoms with Crippen LogP contribution in [0.1, 0.15) is 24.5 Å². The Kier molecular flexibility index (Phi) is 2.49. The Hall–Kier alpha value is -0.630. The minimum Gasteiger partial charge on any atom is -0.339 e. The predicted octanol–water partition coefficient (Wildman–Crippen LogP) is 3.27. The second kappa shape index (κ2) is 3.62. The van der Waals surface area contributed by atoms with Crippen molar-refractivity contribution in [2.75, 3.05) is 6.26 Å². The zero-order valence-electron chi connectivity index (χ0n) is 7.99. The van der Waals surface area contributed by atoms with Crippen molar-refractivity contribution in [3.8, 4) is 0 Å². The second-order valence-corrected chi connectivity index (χ2v) is 4.26. The first-order valence-corrected chi connectivity index (χ1v) is 5.95. The Balaban J connectivity index is 2.41. The van der Waals surface area contributed by atoms with Crippen molar-refractivity contribution in [3.05, 3.63) is 30.5 Å². The van der Waals surface area contributed by atoms with Crippen LogP contribution in [0.15, 0.2) is 29.8 Å². The SMILES string of the molecule is C=CC1CCCn2c(SC)ccc21. The lowest BCUT2D eigenvalue weighted by molar-refractivity contribution is 0.476. The summed E-state index contributed by atoms with van der Waals surface area (Å²) in [4.78, 5) is 0. The zero-order valence-corrected chi connectivity index (χ0v) is 8.81. The monoisotopic (exact) mass is 193 g/mol. The highest BCUT2D eigenvalue weighted by Crippen LogP contribution is 2.32. The normalized spacial score (nSPS) is 21.2. The van der Waals surface area contributed by atoms with Gasteiger partial charge in [-0.15, -0.1) is 18.3 Å². The van der Waals surface area contributed by atoms with E-state index in [1.165, 1.54) is 30.1 Å². The van der Waals surface area contributed by atoms with E-state index in [1.807, 2.05) is 11.8 Å². The van der Waals surface area contributed by atoms with E-state index in [4.69, 9.17) is 0 Å². The summed E-state index contributed by atoms with van der Waals surface area (Å²) in [5.74, 6) is 0.578. The molecule has 0 aliphatic carbocycles. The lowest BCUT2D eigenvalue weighted by Gasteiger charge is -2.23. The van der Waals surface area contributed by atoms with Crippen LogP contribution in [-0.4, -0.2) is 10.8 Å². The molecule has 1 aliphatic rings. The number of hydrogen-bond donors (Lipinski definition) is 0. The summed E-state index contributed by atoms with van der Waals surface area (Å²) >= 11 is 1.83. The van der Waals surface area contributed by atoms with E-state index >= 15 is 0 Å². The molecule has 1 aromatic heterocycles. The Bertz CT molecular complexity index is 314. The summed E-state index contributed by atoms with van der Waals surface area (Å²) in [6.45, 7) is 5.08. The van der Waals surface area contributed by atoms with E-state index < -0.39 is 0 Å². The Morgan fingerprint density at radius 1 is 1.62 bits per heavy atom. The van der Waals surface area contributed by atoms with Crippen LogP contribution >= 0.6 is 11.8 Å². The third kappa shape index (κ3) is 1.44. The number of nitrogens with zero attached hydrogens (tertiary/aromatic N) is 1. The maximum absolute atomic E-state index is 3.90. The molecule has 0 aromatic carbocycles. The van der Waals surface area contributed by atoms with Gasteiger partial charge in [-0.1, -0.05) is 6.08 Å². The quantitative estimate of drug-likeness (QED) is 0.515. The Morgan fingerprint density at radius 2 is 2.46 bits per heavy atom. The molecule has 1 aromatic rings. The number of thioether (sulfide) groups is 1. The predicted molar refractivity (Wildman–Crippen MR) is 58.4 cm³/mol. The summed E-state index contributed by atoms with van der Waals surface area (Å²) in [5, 5.41) is 1.39. The van der Waals surface area contributed by atoms with Gasteiger partial charge in [0.1, 0.15) is 0 Å². The van der Waals surface area contributed by atoms with Gasteiger partial charge in [-0.2, -0.15) is 0 Å². The standard InChI is InChI=1S/C11H15NS/c1-3-9-5-4-8-12-10(9)6-7-11(12)13-2/h3,6-7,9H,1,4-5,8H2,2H3. The third-order valence-electron chi connectivity index (χ3n) is 2.74. The van der Waals surface area contributed by atoms with E-state index in [2.05, 4.69) is 35.6 Å². The maximum atomic E-state index is 3.90. The van der Waals surface area contributed by atoms with Crippen molar-refractivity contribution in [1.29, 1.82) is 0 Å². The molecule has 0 fully saturated rings. The molecule has 2 heteroatoms. The molecule has 0 radical (unpaired) electrons. The van der Waals surface area contributed by atoms with Crippen molar-refractivity contribution >= 4 is 11.8 Å². The van der Waals surface area contributed by atoms with Crippen molar-refractivity contribution < 1.29 is 0 Å². The third-order valence-corrected chi connectivity index (χ3v) is 3.52. The van der Waals surface area contributed by atoms with Crippen LogP contribution < -0.4 is 0 Å². The molecule has 1 nitrogen and oxygen atoms in total. The van der Waals surface area contributed by atoms with Gasteiger partial charge < -0.3 is 4.57 Å². The van der Waals surface area contributed by atoms with E-state index in [9.17, 15) is 0 Å². The minimum absolute atomic E-state index is 0.578. The van der Waals surface area contributed by atoms with Crippen LogP contribution in [-0.2, 0) is 6.54 Å². The van der Waals surface area contributed by atoms with Crippen molar-refractivity contribution in [1.82, 2.24) is 4.57 Å². The molecule has 70 valence electrons. The van der Waals surface area contributed by atoms with Gasteiger partial charge in [-0.05, 0) is 31.2 Å². The van der Waals surface area contributed by atoms with Crippen molar-refractivity contribution in [3.63, 3.8) is 0 Å². The lowest BCUT2D eigenvalue weighted by Crippen LogP contribution is -2.14. The Labute approximate surface area is 83.8 Å². The molecular formula is C11H15NS. The highest BCUT2D eigenvalue weighted by Gasteiger charge is 2.19. The minimum atomic E-state index is 0.578. The van der Waals surface area contributed by atoms with E-state index in [1.54, 1.807) is 0 Å². The molecule has 0 spiro atoms. The fraction of sp³-hybridized carbons (Fsp3) is 0.455. The molecule has 1 atom stereocenters. The molecule has 13 heavy (non-hydrogen) atoms. The van der Waals surface area contributed by atoms with Gasteiger partial charge in [0.2, 0.25) is 0 Å². The summed E-state index contributed by atoms with van der Waals surface area (Å²) in [5.41, 5.74) is 1.45. The number of hydrogen-bond acceptors (Lipinski definition) is 1. The van der Waals surface area contributed by atoms with Crippen LogP contribution in [0.3, 0.4) is 0 Å². The van der Waals surface area contributed by atoms with Gasteiger partial charge in [-0.3, -0.25) is 0 Å². The maximum Gasteiger partial charge on any atom is 0.0747 e.